The molecule has 0 saturated carbocycles. The number of ether oxygens (including phenoxy) is 2. The molecule has 0 spiro atoms. The molecule has 2 aromatic carbocycles. The van der Waals surface area contributed by atoms with Crippen LogP contribution in [0.5, 0.6) is 11.5 Å². The van der Waals surface area contributed by atoms with Crippen LogP contribution in [0.15, 0.2) is 41.5 Å². The maximum atomic E-state index is 11.8. The molecule has 0 aliphatic heterocycles. The molecule has 0 atom stereocenters. The Labute approximate surface area is 142 Å². The van der Waals surface area contributed by atoms with Crippen molar-refractivity contribution in [2.45, 2.75) is 20.8 Å². The molecule has 0 bridgehead atoms. The zero-order valence-corrected chi connectivity index (χ0v) is 14.4. The van der Waals surface area contributed by atoms with Crippen LogP contribution in [-0.4, -0.2) is 25.8 Å². The first-order chi connectivity index (χ1) is 11.5. The number of hydrogen-bond acceptors (Lipinski definition) is 4. The Morgan fingerprint density at radius 3 is 2.46 bits per heavy atom. The van der Waals surface area contributed by atoms with Crippen molar-refractivity contribution in [1.82, 2.24) is 5.43 Å². The Morgan fingerprint density at radius 1 is 1.08 bits per heavy atom. The highest BCUT2D eigenvalue weighted by Crippen LogP contribution is 2.18. The maximum Gasteiger partial charge on any atom is 0.277 e. The van der Waals surface area contributed by atoms with Crippen LogP contribution in [0.4, 0.5) is 0 Å². The lowest BCUT2D eigenvalue weighted by Crippen LogP contribution is -2.24. The first-order valence-electron chi connectivity index (χ1n) is 7.66. The average molecular weight is 326 g/mol. The van der Waals surface area contributed by atoms with Gasteiger partial charge < -0.3 is 9.47 Å². The second-order valence-corrected chi connectivity index (χ2v) is 5.58. The van der Waals surface area contributed by atoms with Gasteiger partial charge in [-0.3, -0.25) is 4.79 Å². The fourth-order valence-electron chi connectivity index (χ4n) is 2.30. The molecule has 0 aliphatic carbocycles. The summed E-state index contributed by atoms with van der Waals surface area (Å²) in [5.41, 5.74) is 6.49. The van der Waals surface area contributed by atoms with Crippen molar-refractivity contribution < 1.29 is 14.3 Å². The first-order valence-corrected chi connectivity index (χ1v) is 7.66. The highest BCUT2D eigenvalue weighted by Gasteiger charge is 2.04. The third-order valence-corrected chi connectivity index (χ3v) is 3.51. The van der Waals surface area contributed by atoms with Gasteiger partial charge in [0.2, 0.25) is 0 Å². The lowest BCUT2D eigenvalue weighted by Gasteiger charge is -2.08. The third kappa shape index (κ3) is 4.84. The number of nitrogens with zero attached hydrogens (tertiary/aromatic N) is 1. The fraction of sp³-hybridized carbons (Fsp3) is 0.263. The van der Waals surface area contributed by atoms with Crippen LogP contribution in [0.1, 0.15) is 22.3 Å². The summed E-state index contributed by atoms with van der Waals surface area (Å²) in [5, 5.41) is 3.94. The molecular weight excluding hydrogens is 304 g/mol. The summed E-state index contributed by atoms with van der Waals surface area (Å²) >= 11 is 0. The van der Waals surface area contributed by atoms with Gasteiger partial charge in [0.25, 0.3) is 5.91 Å². The lowest BCUT2D eigenvalue weighted by atomic mass is 10.1. The molecule has 5 heteroatoms. The number of carbonyl (C=O) groups excluding carboxylic acids is 1. The van der Waals surface area contributed by atoms with Crippen molar-refractivity contribution >= 4 is 12.1 Å². The second kappa shape index (κ2) is 8.15. The highest BCUT2D eigenvalue weighted by atomic mass is 16.5. The van der Waals surface area contributed by atoms with Gasteiger partial charge >= 0.3 is 0 Å². The topological polar surface area (TPSA) is 59.9 Å². The van der Waals surface area contributed by atoms with Crippen LogP contribution >= 0.6 is 0 Å². The molecular formula is C19H22N2O3. The van der Waals surface area contributed by atoms with Gasteiger partial charge in [0.05, 0.1) is 13.3 Å². The number of nitrogens with one attached hydrogen (secondary N) is 1. The minimum Gasteiger partial charge on any atom is -0.496 e. The number of benzene rings is 2. The lowest BCUT2D eigenvalue weighted by molar-refractivity contribution is -0.123. The van der Waals surface area contributed by atoms with Gasteiger partial charge in [0.1, 0.15) is 11.5 Å². The highest BCUT2D eigenvalue weighted by molar-refractivity contribution is 5.83. The Kier molecular flexibility index (Phi) is 5.95. The molecule has 0 aliphatic rings. The van der Waals surface area contributed by atoms with Crippen LogP contribution in [0.3, 0.4) is 0 Å². The average Bonchev–Trinajstić information content (AvgIpc) is 2.54. The van der Waals surface area contributed by atoms with E-state index in [4.69, 9.17) is 9.47 Å². The van der Waals surface area contributed by atoms with E-state index in [1.54, 1.807) is 13.3 Å². The van der Waals surface area contributed by atoms with Crippen molar-refractivity contribution in [3.63, 3.8) is 0 Å². The Morgan fingerprint density at radius 2 is 1.79 bits per heavy atom. The molecule has 1 N–H and O–H groups in total. The van der Waals surface area contributed by atoms with Gasteiger partial charge in [0.15, 0.2) is 6.61 Å². The summed E-state index contributed by atoms with van der Waals surface area (Å²) < 4.78 is 10.7. The van der Waals surface area contributed by atoms with Crippen molar-refractivity contribution in [1.29, 1.82) is 0 Å². The zero-order chi connectivity index (χ0) is 17.5. The number of hydrazone groups is 1. The molecule has 126 valence electrons. The summed E-state index contributed by atoms with van der Waals surface area (Å²) in [5.74, 6) is 1.21. The van der Waals surface area contributed by atoms with E-state index in [1.165, 1.54) is 0 Å². The minimum absolute atomic E-state index is 0.0805. The summed E-state index contributed by atoms with van der Waals surface area (Å²) in [6.45, 7) is 5.83. The SMILES string of the molecule is COc1ccc(C=NNC(=O)COc2ccc(C)cc2C)cc1C. The number of aryl methyl sites for hydroxylation is 3. The van der Waals surface area contributed by atoms with Crippen LogP contribution in [0, 0.1) is 20.8 Å². The van der Waals surface area contributed by atoms with E-state index < -0.39 is 0 Å². The smallest absolute Gasteiger partial charge is 0.277 e. The molecule has 24 heavy (non-hydrogen) atoms. The first kappa shape index (κ1) is 17.5. The Bertz CT molecular complexity index is 754. The molecule has 5 nitrogen and oxygen atoms in total. The number of methoxy groups -OCH3 is 1. The minimum atomic E-state index is -0.309. The van der Waals surface area contributed by atoms with E-state index in [0.717, 1.165) is 28.0 Å². The molecule has 1 amide bonds. The molecule has 0 unspecified atom stereocenters. The van der Waals surface area contributed by atoms with Gasteiger partial charge in [-0.1, -0.05) is 17.7 Å². The monoisotopic (exact) mass is 326 g/mol. The van der Waals surface area contributed by atoms with E-state index in [-0.39, 0.29) is 12.5 Å². The summed E-state index contributed by atoms with van der Waals surface area (Å²) in [7, 11) is 1.63. The van der Waals surface area contributed by atoms with E-state index in [1.807, 2.05) is 57.2 Å². The van der Waals surface area contributed by atoms with Crippen molar-refractivity contribution in [2.75, 3.05) is 13.7 Å². The van der Waals surface area contributed by atoms with E-state index >= 15 is 0 Å². The van der Waals surface area contributed by atoms with E-state index in [0.29, 0.717) is 5.75 Å². The molecule has 0 saturated heterocycles. The standard InChI is InChI=1S/C19H22N2O3/c1-13-5-7-18(14(2)9-13)24-12-19(22)21-20-11-16-6-8-17(23-4)15(3)10-16/h5-11H,12H2,1-4H3,(H,21,22). The molecule has 2 aromatic rings. The van der Waals surface area contributed by atoms with Gasteiger partial charge in [-0.15, -0.1) is 0 Å². The molecule has 0 heterocycles. The number of amides is 1. The zero-order valence-electron chi connectivity index (χ0n) is 14.4. The van der Waals surface area contributed by atoms with E-state index in [2.05, 4.69) is 10.5 Å². The molecule has 0 radical (unpaired) electrons. The quantitative estimate of drug-likeness (QED) is 0.655. The van der Waals surface area contributed by atoms with Crippen LogP contribution in [0.25, 0.3) is 0 Å². The summed E-state index contributed by atoms with van der Waals surface area (Å²) in [4.78, 5) is 11.8. The number of hydrogen-bond donors (Lipinski definition) is 1. The number of rotatable bonds is 6. The molecule has 2 rings (SSSR count). The van der Waals surface area contributed by atoms with Crippen molar-refractivity contribution in [3.05, 3.63) is 58.7 Å². The van der Waals surface area contributed by atoms with Crippen LogP contribution in [-0.2, 0) is 4.79 Å². The third-order valence-electron chi connectivity index (χ3n) is 3.51. The van der Waals surface area contributed by atoms with Crippen LogP contribution in [0.2, 0.25) is 0 Å². The van der Waals surface area contributed by atoms with Gasteiger partial charge in [-0.2, -0.15) is 5.10 Å². The predicted octanol–water partition coefficient (Wildman–Crippen LogP) is 3.15. The molecule has 0 fully saturated rings. The second-order valence-electron chi connectivity index (χ2n) is 5.58. The Hall–Kier alpha value is -2.82. The largest absolute Gasteiger partial charge is 0.496 e. The van der Waals surface area contributed by atoms with E-state index in [9.17, 15) is 4.79 Å². The van der Waals surface area contributed by atoms with Crippen molar-refractivity contribution in [3.8, 4) is 11.5 Å². The Balaban J connectivity index is 1.85. The van der Waals surface area contributed by atoms with Gasteiger partial charge in [0, 0.05) is 0 Å². The van der Waals surface area contributed by atoms with Crippen LogP contribution < -0.4 is 14.9 Å². The number of carbonyl (C=O) groups is 1. The summed E-state index contributed by atoms with van der Waals surface area (Å²) in [6, 6.07) is 11.5. The fourth-order valence-corrected chi connectivity index (χ4v) is 2.30. The summed E-state index contributed by atoms with van der Waals surface area (Å²) in [6.07, 6.45) is 1.58. The normalized spacial score (nSPS) is 10.7. The van der Waals surface area contributed by atoms with Gasteiger partial charge in [-0.05, 0) is 61.7 Å². The van der Waals surface area contributed by atoms with Gasteiger partial charge in [-0.25, -0.2) is 5.43 Å². The van der Waals surface area contributed by atoms with Crippen molar-refractivity contribution in [2.24, 2.45) is 5.10 Å². The maximum absolute atomic E-state index is 11.8. The predicted molar refractivity (Wildman–Crippen MR) is 94.9 cm³/mol. The molecule has 0 aromatic heterocycles.